The van der Waals surface area contributed by atoms with Crippen molar-refractivity contribution in [1.82, 2.24) is 14.9 Å². The number of para-hydroxylation sites is 1. The van der Waals surface area contributed by atoms with Crippen LogP contribution in [0.2, 0.25) is 0 Å². The summed E-state index contributed by atoms with van der Waals surface area (Å²) in [5.74, 6) is -0.631. The summed E-state index contributed by atoms with van der Waals surface area (Å²) in [7, 11) is 0. The molecule has 5 rings (SSSR count). The Morgan fingerprint density at radius 3 is 2.36 bits per heavy atom. The second kappa shape index (κ2) is 8.41. The first kappa shape index (κ1) is 21.3. The Morgan fingerprint density at radius 1 is 0.939 bits per heavy atom. The molecular weight excluding hydrogens is 438 g/mol. The Hall–Kier alpha value is -3.58. The van der Waals surface area contributed by atoms with Crippen molar-refractivity contribution in [2.45, 2.75) is 25.9 Å². The molecule has 2 aromatic heterocycles. The van der Waals surface area contributed by atoms with Crippen molar-refractivity contribution in [1.29, 1.82) is 0 Å². The first-order valence-corrected chi connectivity index (χ1v) is 11.1. The van der Waals surface area contributed by atoms with Crippen molar-refractivity contribution in [3.05, 3.63) is 113 Å². The molecule has 1 saturated heterocycles. The van der Waals surface area contributed by atoms with Crippen molar-refractivity contribution >= 4 is 23.0 Å². The summed E-state index contributed by atoms with van der Waals surface area (Å²) in [5, 5.41) is 3.80. The molecule has 0 bridgehead atoms. The van der Waals surface area contributed by atoms with E-state index in [4.69, 9.17) is 12.2 Å². The molecule has 1 aliphatic rings. The maximum atomic E-state index is 14.9. The Balaban J connectivity index is 1.69. The lowest BCUT2D eigenvalue weighted by molar-refractivity contribution is 0.556. The number of nitrogens with one attached hydrogen (secondary N) is 1. The van der Waals surface area contributed by atoms with Gasteiger partial charge >= 0.3 is 0 Å². The number of benzene rings is 2. The highest BCUT2D eigenvalue weighted by Crippen LogP contribution is 2.44. The number of aryl methyl sites for hydroxylation is 1. The predicted octanol–water partition coefficient (Wildman–Crippen LogP) is 5.94. The Labute approximate surface area is 196 Å². The van der Waals surface area contributed by atoms with Crippen LogP contribution in [-0.2, 0) is 0 Å². The number of anilines is 1. The summed E-state index contributed by atoms with van der Waals surface area (Å²) < 4.78 is 30.5. The lowest BCUT2D eigenvalue weighted by Gasteiger charge is -2.28. The van der Waals surface area contributed by atoms with Crippen LogP contribution in [0.5, 0.6) is 0 Å². The quantitative estimate of drug-likeness (QED) is 0.382. The largest absolute Gasteiger partial charge is 0.351 e. The lowest BCUT2D eigenvalue weighted by atomic mass is 9.96. The molecule has 1 fully saturated rings. The molecule has 0 saturated carbocycles. The number of halogens is 2. The zero-order valence-electron chi connectivity index (χ0n) is 18.2. The summed E-state index contributed by atoms with van der Waals surface area (Å²) in [6.07, 6.45) is 1.74. The van der Waals surface area contributed by atoms with E-state index in [2.05, 4.69) is 20.9 Å². The van der Waals surface area contributed by atoms with Crippen molar-refractivity contribution in [2.75, 3.05) is 4.90 Å². The van der Waals surface area contributed by atoms with Gasteiger partial charge in [-0.15, -0.1) is 0 Å². The minimum Gasteiger partial charge on any atom is -0.351 e. The Bertz CT molecular complexity index is 1320. The van der Waals surface area contributed by atoms with Gasteiger partial charge in [-0.1, -0.05) is 18.2 Å². The SMILES string of the molecule is Cc1cc([C@H]2[C@@H](c3ccccn3)NC(=S)N2c2ccccc2F)c(C)n1-c1ccc(F)cc1. The summed E-state index contributed by atoms with van der Waals surface area (Å²) in [6, 6.07) is 20.2. The van der Waals surface area contributed by atoms with Gasteiger partial charge in [-0.05, 0) is 86.2 Å². The molecule has 2 aromatic carbocycles. The van der Waals surface area contributed by atoms with Crippen molar-refractivity contribution in [3.8, 4) is 5.69 Å². The topological polar surface area (TPSA) is 33.1 Å². The summed E-state index contributed by atoms with van der Waals surface area (Å²) >= 11 is 5.70. The highest BCUT2D eigenvalue weighted by atomic mass is 32.1. The number of hydrogen-bond acceptors (Lipinski definition) is 2. The van der Waals surface area contributed by atoms with Crippen LogP contribution in [0.4, 0.5) is 14.5 Å². The monoisotopic (exact) mass is 460 g/mol. The van der Waals surface area contributed by atoms with Crippen LogP contribution in [0, 0.1) is 25.5 Å². The first-order chi connectivity index (χ1) is 16.0. The lowest BCUT2D eigenvalue weighted by Crippen LogP contribution is -2.30. The van der Waals surface area contributed by atoms with Gasteiger partial charge in [-0.2, -0.15) is 0 Å². The van der Waals surface area contributed by atoms with Crippen LogP contribution in [0.15, 0.2) is 79.0 Å². The smallest absolute Gasteiger partial charge is 0.174 e. The van der Waals surface area contributed by atoms with E-state index in [0.29, 0.717) is 10.8 Å². The number of rotatable bonds is 4. The van der Waals surface area contributed by atoms with E-state index in [9.17, 15) is 8.78 Å². The summed E-state index contributed by atoms with van der Waals surface area (Å²) in [4.78, 5) is 6.39. The van der Waals surface area contributed by atoms with Gasteiger partial charge in [0.1, 0.15) is 11.6 Å². The fraction of sp³-hybridized carbons (Fsp3) is 0.154. The molecule has 1 aliphatic heterocycles. The van der Waals surface area contributed by atoms with Gasteiger partial charge in [-0.3, -0.25) is 4.98 Å². The highest BCUT2D eigenvalue weighted by Gasteiger charge is 2.43. The predicted molar refractivity (Wildman–Crippen MR) is 130 cm³/mol. The number of hydrogen-bond donors (Lipinski definition) is 1. The number of pyridine rings is 1. The Kier molecular flexibility index (Phi) is 5.42. The van der Waals surface area contributed by atoms with Gasteiger partial charge in [0.15, 0.2) is 5.11 Å². The normalized spacial score (nSPS) is 17.9. The average Bonchev–Trinajstić information content (AvgIpc) is 3.31. The standard InChI is InChI=1S/C26H22F2N4S/c1-16-15-20(17(2)31(16)19-12-10-18(27)11-13-19)25-24(22-8-5-6-14-29-22)30-26(33)32(25)23-9-4-3-7-21(23)28/h3-15,24-25H,1-2H3,(H,30,33)/t24-,25+/m1/s1. The van der Waals surface area contributed by atoms with Crippen LogP contribution in [0.25, 0.3) is 5.69 Å². The van der Waals surface area contributed by atoms with Gasteiger partial charge in [0, 0.05) is 23.3 Å². The average molecular weight is 461 g/mol. The van der Waals surface area contributed by atoms with Crippen molar-refractivity contribution < 1.29 is 8.78 Å². The summed E-state index contributed by atoms with van der Waals surface area (Å²) in [5.41, 5.74) is 5.03. The van der Waals surface area contributed by atoms with Crippen LogP contribution < -0.4 is 10.2 Å². The molecule has 0 spiro atoms. The maximum absolute atomic E-state index is 14.9. The molecule has 0 aliphatic carbocycles. The van der Waals surface area contributed by atoms with E-state index in [1.165, 1.54) is 18.2 Å². The van der Waals surface area contributed by atoms with Crippen molar-refractivity contribution in [3.63, 3.8) is 0 Å². The Morgan fingerprint density at radius 2 is 1.67 bits per heavy atom. The molecule has 0 unspecified atom stereocenters. The van der Waals surface area contributed by atoms with Crippen LogP contribution >= 0.6 is 12.2 Å². The molecule has 166 valence electrons. The second-order valence-electron chi connectivity index (χ2n) is 8.09. The first-order valence-electron chi connectivity index (χ1n) is 10.7. The van der Waals surface area contributed by atoms with Gasteiger partial charge in [0.05, 0.1) is 23.5 Å². The molecule has 7 heteroatoms. The maximum Gasteiger partial charge on any atom is 0.174 e. The number of thiocarbonyl (C=S) groups is 1. The van der Waals surface area contributed by atoms with E-state index >= 15 is 0 Å². The number of nitrogens with zero attached hydrogens (tertiary/aromatic N) is 3. The van der Waals surface area contributed by atoms with Crippen LogP contribution in [0.3, 0.4) is 0 Å². The highest BCUT2D eigenvalue weighted by molar-refractivity contribution is 7.80. The fourth-order valence-corrected chi connectivity index (χ4v) is 4.99. The third-order valence-corrected chi connectivity index (χ3v) is 6.40. The minimum atomic E-state index is -0.347. The van der Waals surface area contributed by atoms with Crippen LogP contribution in [-0.4, -0.2) is 14.7 Å². The third kappa shape index (κ3) is 3.68. The van der Waals surface area contributed by atoms with E-state index in [-0.39, 0.29) is 23.7 Å². The molecule has 4 nitrogen and oxygen atoms in total. The van der Waals surface area contributed by atoms with Gasteiger partial charge in [0.25, 0.3) is 0 Å². The molecule has 4 aromatic rings. The van der Waals surface area contributed by atoms with E-state index in [0.717, 1.165) is 28.3 Å². The molecule has 33 heavy (non-hydrogen) atoms. The van der Waals surface area contributed by atoms with E-state index in [1.807, 2.05) is 36.9 Å². The zero-order chi connectivity index (χ0) is 23.1. The molecular formula is C26H22F2N4S. The van der Waals surface area contributed by atoms with Gasteiger partial charge in [0.2, 0.25) is 0 Å². The zero-order valence-corrected chi connectivity index (χ0v) is 19.0. The number of aromatic nitrogens is 2. The van der Waals surface area contributed by atoms with E-state index in [1.54, 1.807) is 36.5 Å². The van der Waals surface area contributed by atoms with Gasteiger partial charge in [-0.25, -0.2) is 8.78 Å². The molecule has 1 N–H and O–H groups in total. The van der Waals surface area contributed by atoms with Crippen LogP contribution in [0.1, 0.15) is 34.7 Å². The minimum absolute atomic E-state index is 0.277. The summed E-state index contributed by atoms with van der Waals surface area (Å²) in [6.45, 7) is 4.02. The van der Waals surface area contributed by atoms with E-state index < -0.39 is 0 Å². The van der Waals surface area contributed by atoms with Crippen molar-refractivity contribution in [2.24, 2.45) is 0 Å². The second-order valence-corrected chi connectivity index (χ2v) is 8.47. The molecule has 0 radical (unpaired) electrons. The molecule has 0 amide bonds. The molecule has 2 atom stereocenters. The van der Waals surface area contributed by atoms with Gasteiger partial charge < -0.3 is 14.8 Å². The molecule has 3 heterocycles. The fourth-order valence-electron chi connectivity index (χ4n) is 4.65. The third-order valence-electron chi connectivity index (χ3n) is 6.08.